The van der Waals surface area contributed by atoms with Crippen LogP contribution < -0.4 is 10.1 Å². The van der Waals surface area contributed by atoms with Crippen molar-refractivity contribution in [2.45, 2.75) is 36.3 Å². The van der Waals surface area contributed by atoms with Gasteiger partial charge in [0.2, 0.25) is 11.8 Å². The molecule has 2 aromatic carbocycles. The van der Waals surface area contributed by atoms with E-state index in [9.17, 15) is 9.59 Å². The van der Waals surface area contributed by atoms with Gasteiger partial charge in [-0.1, -0.05) is 29.8 Å². The van der Waals surface area contributed by atoms with E-state index < -0.39 is 0 Å². The molecule has 0 aromatic heterocycles. The predicted octanol–water partition coefficient (Wildman–Crippen LogP) is 3.90. The number of carbonyl (C=O) groups is 2. The lowest BCUT2D eigenvalue weighted by Gasteiger charge is -2.32. The van der Waals surface area contributed by atoms with E-state index in [1.54, 1.807) is 18.9 Å². The van der Waals surface area contributed by atoms with Crippen LogP contribution in [0.4, 0.5) is 5.69 Å². The van der Waals surface area contributed by atoms with Crippen molar-refractivity contribution in [2.24, 2.45) is 5.92 Å². The summed E-state index contributed by atoms with van der Waals surface area (Å²) in [6, 6.07) is 13.8. The highest BCUT2D eigenvalue weighted by atomic mass is 32.2. The number of carbonyl (C=O) groups excluding carboxylic acids is 2. The molecule has 2 aliphatic heterocycles. The molecule has 2 aromatic rings. The van der Waals surface area contributed by atoms with E-state index in [0.29, 0.717) is 37.4 Å². The first kappa shape index (κ1) is 19.8. The van der Waals surface area contributed by atoms with Crippen molar-refractivity contribution in [3.63, 3.8) is 0 Å². The van der Waals surface area contributed by atoms with Gasteiger partial charge in [0, 0.05) is 23.9 Å². The van der Waals surface area contributed by atoms with Crippen molar-refractivity contribution in [3.8, 4) is 5.75 Å². The summed E-state index contributed by atoms with van der Waals surface area (Å²) in [5.74, 6) is 0.772. The van der Waals surface area contributed by atoms with Crippen molar-refractivity contribution in [3.05, 3.63) is 53.6 Å². The van der Waals surface area contributed by atoms with Crippen molar-refractivity contribution in [1.82, 2.24) is 4.90 Å². The minimum Gasteiger partial charge on any atom is -0.495 e. The zero-order valence-electron chi connectivity index (χ0n) is 16.8. The fourth-order valence-corrected chi connectivity index (χ4v) is 5.40. The average Bonchev–Trinajstić information content (AvgIpc) is 3.17. The number of hydrogen-bond donors (Lipinski definition) is 1. The third kappa shape index (κ3) is 4.27. The minimum atomic E-state index is -0.0833. The molecule has 0 radical (unpaired) electrons. The van der Waals surface area contributed by atoms with E-state index >= 15 is 0 Å². The second-order valence-electron chi connectivity index (χ2n) is 7.71. The summed E-state index contributed by atoms with van der Waals surface area (Å²) in [4.78, 5) is 28.8. The molecule has 0 aliphatic carbocycles. The van der Waals surface area contributed by atoms with Crippen LogP contribution in [-0.4, -0.2) is 42.2 Å². The summed E-state index contributed by atoms with van der Waals surface area (Å²) < 4.78 is 5.30. The summed E-state index contributed by atoms with van der Waals surface area (Å²) in [6.45, 7) is 3.35. The lowest BCUT2D eigenvalue weighted by atomic mass is 9.95. The van der Waals surface area contributed by atoms with Gasteiger partial charge in [-0.2, -0.15) is 0 Å². The number of fused-ring (bicyclic) bond motifs is 1. The zero-order valence-corrected chi connectivity index (χ0v) is 17.6. The molecule has 2 aliphatic rings. The Morgan fingerprint density at radius 1 is 1.14 bits per heavy atom. The molecule has 2 heterocycles. The molecule has 29 heavy (non-hydrogen) atoms. The van der Waals surface area contributed by atoms with Gasteiger partial charge in [0.15, 0.2) is 0 Å². The number of hydrogen-bond acceptors (Lipinski definition) is 4. The number of para-hydroxylation sites is 2. The first-order chi connectivity index (χ1) is 14.0. The predicted molar refractivity (Wildman–Crippen MR) is 115 cm³/mol. The van der Waals surface area contributed by atoms with Crippen LogP contribution >= 0.6 is 11.8 Å². The molecule has 5 nitrogen and oxygen atoms in total. The molecule has 2 amide bonds. The van der Waals surface area contributed by atoms with E-state index in [4.69, 9.17) is 4.74 Å². The molecule has 6 heteroatoms. The smallest absolute Gasteiger partial charge is 0.236 e. The molecule has 0 bridgehead atoms. The first-order valence-electron chi connectivity index (χ1n) is 10.0. The number of methoxy groups -OCH3 is 1. The molecule has 1 N–H and O–H groups in total. The first-order valence-corrected chi connectivity index (χ1v) is 10.9. The number of rotatable bonds is 4. The minimum absolute atomic E-state index is 0.000259. The summed E-state index contributed by atoms with van der Waals surface area (Å²) in [5, 5.41) is 2.94. The van der Waals surface area contributed by atoms with Gasteiger partial charge in [-0.3, -0.25) is 9.59 Å². The Balaban J connectivity index is 1.31. The quantitative estimate of drug-likeness (QED) is 0.831. The molecule has 0 unspecified atom stereocenters. The summed E-state index contributed by atoms with van der Waals surface area (Å²) in [6.07, 6.45) is 2.18. The standard InChI is InChI=1S/C23H26N2O3S/c1-15-7-8-17-14-21(29-20(17)13-15)23(27)25-11-9-16(10-12-25)22(26)24-18-5-3-4-6-19(18)28-2/h3-8,13,16,21H,9-12,14H2,1-2H3,(H,24,26)/t21-/m1/s1. The Morgan fingerprint density at radius 2 is 1.90 bits per heavy atom. The van der Waals surface area contributed by atoms with Crippen LogP contribution in [0.5, 0.6) is 5.75 Å². The number of piperidine rings is 1. The number of ether oxygens (including phenoxy) is 1. The van der Waals surface area contributed by atoms with Gasteiger partial charge in [0.05, 0.1) is 18.0 Å². The molecular formula is C23H26N2O3S. The highest BCUT2D eigenvalue weighted by molar-refractivity contribution is 8.01. The van der Waals surface area contributed by atoms with E-state index in [-0.39, 0.29) is 23.0 Å². The van der Waals surface area contributed by atoms with Gasteiger partial charge in [-0.25, -0.2) is 0 Å². The highest BCUT2D eigenvalue weighted by Gasteiger charge is 2.34. The Labute approximate surface area is 175 Å². The molecule has 152 valence electrons. The number of nitrogens with zero attached hydrogens (tertiary/aromatic N) is 1. The number of benzene rings is 2. The van der Waals surface area contributed by atoms with E-state index in [1.807, 2.05) is 29.2 Å². The van der Waals surface area contributed by atoms with Crippen molar-refractivity contribution in [1.29, 1.82) is 0 Å². The fourth-order valence-electron chi connectivity index (χ4n) is 4.02. The summed E-state index contributed by atoms with van der Waals surface area (Å²) >= 11 is 1.68. The highest BCUT2D eigenvalue weighted by Crippen LogP contribution is 2.39. The van der Waals surface area contributed by atoms with Gasteiger partial charge in [-0.15, -0.1) is 11.8 Å². The van der Waals surface area contributed by atoms with Crippen molar-refractivity contribution < 1.29 is 14.3 Å². The van der Waals surface area contributed by atoms with Crippen molar-refractivity contribution >= 4 is 29.3 Å². The topological polar surface area (TPSA) is 58.6 Å². The normalized spacial score (nSPS) is 19.0. The maximum absolute atomic E-state index is 13.0. The molecule has 4 rings (SSSR count). The number of amides is 2. The number of nitrogens with one attached hydrogen (secondary N) is 1. The summed E-state index contributed by atoms with van der Waals surface area (Å²) in [5.41, 5.74) is 3.19. The molecule has 1 saturated heterocycles. The average molecular weight is 411 g/mol. The number of aryl methyl sites for hydroxylation is 1. The van der Waals surface area contributed by atoms with Crippen LogP contribution in [0.15, 0.2) is 47.4 Å². The Bertz CT molecular complexity index is 922. The van der Waals surface area contributed by atoms with Crippen LogP contribution in [0.1, 0.15) is 24.0 Å². The van der Waals surface area contributed by atoms with Crippen LogP contribution in [0.3, 0.4) is 0 Å². The van der Waals surface area contributed by atoms with Crippen LogP contribution in [0, 0.1) is 12.8 Å². The van der Waals surface area contributed by atoms with E-state index in [2.05, 4.69) is 30.4 Å². The number of likely N-dealkylation sites (tertiary alicyclic amines) is 1. The maximum Gasteiger partial charge on any atom is 0.236 e. The van der Waals surface area contributed by atoms with Crippen LogP contribution in [-0.2, 0) is 16.0 Å². The monoisotopic (exact) mass is 410 g/mol. The molecule has 1 fully saturated rings. The maximum atomic E-state index is 13.0. The second-order valence-corrected chi connectivity index (χ2v) is 8.96. The largest absolute Gasteiger partial charge is 0.495 e. The lowest BCUT2D eigenvalue weighted by molar-refractivity contribution is -0.133. The number of anilines is 1. The lowest BCUT2D eigenvalue weighted by Crippen LogP contribution is -2.44. The number of thioether (sulfide) groups is 1. The third-order valence-corrected chi connectivity index (χ3v) is 7.00. The molecule has 0 spiro atoms. The van der Waals surface area contributed by atoms with Gasteiger partial charge < -0.3 is 15.0 Å². The zero-order chi connectivity index (χ0) is 20.4. The SMILES string of the molecule is COc1ccccc1NC(=O)C1CCN(C(=O)[C@H]2Cc3ccc(C)cc3S2)CC1. The summed E-state index contributed by atoms with van der Waals surface area (Å²) in [7, 11) is 1.59. The second kappa shape index (κ2) is 8.49. The van der Waals surface area contributed by atoms with Gasteiger partial charge in [0.1, 0.15) is 5.75 Å². The van der Waals surface area contributed by atoms with E-state index in [0.717, 1.165) is 6.42 Å². The van der Waals surface area contributed by atoms with Gasteiger partial charge in [0.25, 0.3) is 0 Å². The third-order valence-electron chi connectivity index (χ3n) is 5.71. The Hall–Kier alpha value is -2.47. The fraction of sp³-hybridized carbons (Fsp3) is 0.391. The van der Waals surface area contributed by atoms with Gasteiger partial charge in [-0.05, 0) is 49.9 Å². The molecular weight excluding hydrogens is 384 g/mol. The van der Waals surface area contributed by atoms with Crippen LogP contribution in [0.2, 0.25) is 0 Å². The Morgan fingerprint density at radius 3 is 2.66 bits per heavy atom. The molecule has 0 saturated carbocycles. The van der Waals surface area contributed by atoms with Gasteiger partial charge >= 0.3 is 0 Å². The van der Waals surface area contributed by atoms with E-state index in [1.165, 1.54) is 16.0 Å². The van der Waals surface area contributed by atoms with Crippen LogP contribution in [0.25, 0.3) is 0 Å². The Kier molecular flexibility index (Phi) is 5.81. The van der Waals surface area contributed by atoms with Crippen molar-refractivity contribution in [2.75, 3.05) is 25.5 Å². The molecule has 1 atom stereocenters.